The minimum atomic E-state index is 0. The Balaban J connectivity index is 0. The Labute approximate surface area is 168 Å². The molecule has 0 saturated heterocycles. The molecule has 0 amide bonds. The van der Waals surface area contributed by atoms with Crippen LogP contribution in [0.2, 0.25) is 0 Å². The van der Waals surface area contributed by atoms with Gasteiger partial charge in [-0.2, -0.15) is 0 Å². The first-order chi connectivity index (χ1) is 10.8. The molecule has 3 heteroatoms. The molecule has 0 unspecified atom stereocenters. The second-order valence-corrected chi connectivity index (χ2v) is 6.91. The van der Waals surface area contributed by atoms with Crippen molar-refractivity contribution in [2.24, 2.45) is 7.05 Å². The van der Waals surface area contributed by atoms with E-state index in [-0.39, 0.29) is 31.0 Å². The average Bonchev–Trinajstić information content (AvgIpc) is 2.93. The molecule has 0 fully saturated rings. The van der Waals surface area contributed by atoms with Crippen LogP contribution in [0.15, 0.2) is 18.7 Å². The summed E-state index contributed by atoms with van der Waals surface area (Å²) in [6, 6.07) is 0. The number of imidazole rings is 1. The van der Waals surface area contributed by atoms with Gasteiger partial charge in [0.05, 0.1) is 13.6 Å². The molecule has 1 aromatic heterocycles. The predicted molar refractivity (Wildman–Crippen MR) is 97.0 cm³/mol. The van der Waals surface area contributed by atoms with Crippen LogP contribution in [0.25, 0.3) is 0 Å². The molecule has 0 aliphatic heterocycles. The summed E-state index contributed by atoms with van der Waals surface area (Å²) in [5.74, 6) is 0. The summed E-state index contributed by atoms with van der Waals surface area (Å²) < 4.78 is 4.41. The van der Waals surface area contributed by atoms with Gasteiger partial charge in [0.1, 0.15) is 12.4 Å². The van der Waals surface area contributed by atoms with Gasteiger partial charge < -0.3 is 1.43 Å². The topological polar surface area (TPSA) is 8.81 Å². The Bertz CT molecular complexity index is 355. The molecule has 0 N–H and O–H groups in total. The summed E-state index contributed by atoms with van der Waals surface area (Å²) in [6.45, 7) is 3.47. The van der Waals surface area contributed by atoms with Gasteiger partial charge in [-0.15, -0.1) is 0 Å². The van der Waals surface area contributed by atoms with Gasteiger partial charge in [0, 0.05) is 0 Å². The van der Waals surface area contributed by atoms with Gasteiger partial charge >= 0.3 is 29.6 Å². The van der Waals surface area contributed by atoms with Crippen molar-refractivity contribution >= 4 is 0 Å². The second-order valence-electron chi connectivity index (χ2n) is 6.91. The van der Waals surface area contributed by atoms with E-state index in [1.165, 1.54) is 96.4 Å². The molecular formula is C20H40N2Na+. The van der Waals surface area contributed by atoms with E-state index in [0.717, 1.165) is 0 Å². The van der Waals surface area contributed by atoms with E-state index in [0.29, 0.717) is 0 Å². The molecule has 0 bridgehead atoms. The first kappa shape index (κ1) is 23.2. The summed E-state index contributed by atoms with van der Waals surface area (Å²) in [5.41, 5.74) is 0. The number of nitrogens with zero attached hydrogens (tertiary/aromatic N) is 2. The first-order valence-electron chi connectivity index (χ1n) is 9.84. The van der Waals surface area contributed by atoms with Gasteiger partial charge in [0.25, 0.3) is 0 Å². The number of aromatic nitrogens is 2. The fraction of sp³-hybridized carbons (Fsp3) is 0.850. The van der Waals surface area contributed by atoms with Crippen LogP contribution in [0, 0.1) is 0 Å². The monoisotopic (exact) mass is 331 g/mol. The minimum absolute atomic E-state index is 0. The smallest absolute Gasteiger partial charge is 1.00 e. The molecular weight excluding hydrogens is 291 g/mol. The third-order valence-electron chi connectivity index (χ3n) is 4.59. The molecule has 0 aliphatic rings. The van der Waals surface area contributed by atoms with Crippen molar-refractivity contribution in [1.29, 1.82) is 0 Å². The van der Waals surface area contributed by atoms with Crippen molar-refractivity contribution < 1.29 is 35.6 Å². The maximum Gasteiger partial charge on any atom is 1.00 e. The van der Waals surface area contributed by atoms with Gasteiger partial charge in [-0.1, -0.05) is 84.0 Å². The van der Waals surface area contributed by atoms with Crippen LogP contribution in [0.5, 0.6) is 0 Å². The predicted octanol–water partition coefficient (Wildman–Crippen LogP) is 2.91. The molecule has 1 rings (SSSR count). The van der Waals surface area contributed by atoms with Crippen LogP contribution < -0.4 is 34.1 Å². The largest absolute Gasteiger partial charge is 1.00 e. The van der Waals surface area contributed by atoms with Gasteiger partial charge in [-0.25, -0.2) is 9.13 Å². The van der Waals surface area contributed by atoms with E-state index in [1.807, 2.05) is 0 Å². The number of hydrogen-bond acceptors (Lipinski definition) is 0. The van der Waals surface area contributed by atoms with Gasteiger partial charge in [0.2, 0.25) is 6.33 Å². The summed E-state index contributed by atoms with van der Waals surface area (Å²) in [4.78, 5) is 0. The van der Waals surface area contributed by atoms with E-state index in [4.69, 9.17) is 0 Å². The zero-order chi connectivity index (χ0) is 15.9. The van der Waals surface area contributed by atoms with Crippen molar-refractivity contribution in [2.75, 3.05) is 0 Å². The third kappa shape index (κ3) is 14.3. The van der Waals surface area contributed by atoms with E-state index in [1.54, 1.807) is 0 Å². The van der Waals surface area contributed by atoms with E-state index >= 15 is 0 Å². The van der Waals surface area contributed by atoms with Crippen molar-refractivity contribution in [3.63, 3.8) is 0 Å². The Morgan fingerprint density at radius 3 is 1.57 bits per heavy atom. The van der Waals surface area contributed by atoms with Crippen LogP contribution in [-0.4, -0.2) is 4.57 Å². The molecule has 0 radical (unpaired) electrons. The second kappa shape index (κ2) is 17.0. The SMILES string of the molecule is CCCCCCCCCCCCCCCCn1cc[n+](C)c1.[H-].[Na+]. The zero-order valence-electron chi connectivity index (χ0n) is 17.2. The Hall–Kier alpha value is 0.210. The number of rotatable bonds is 15. The van der Waals surface area contributed by atoms with E-state index in [9.17, 15) is 0 Å². The van der Waals surface area contributed by atoms with Crippen molar-refractivity contribution in [3.8, 4) is 0 Å². The van der Waals surface area contributed by atoms with Crippen molar-refractivity contribution in [2.45, 2.75) is 103 Å². The summed E-state index contributed by atoms with van der Waals surface area (Å²) in [6.07, 6.45) is 26.5. The maximum absolute atomic E-state index is 2.29. The molecule has 2 nitrogen and oxygen atoms in total. The van der Waals surface area contributed by atoms with Gasteiger partial charge in [0.15, 0.2) is 0 Å². The van der Waals surface area contributed by atoms with Gasteiger partial charge in [-0.3, -0.25) is 0 Å². The van der Waals surface area contributed by atoms with Crippen molar-refractivity contribution in [3.05, 3.63) is 18.7 Å². The molecule has 0 aromatic carbocycles. The van der Waals surface area contributed by atoms with Crippen LogP contribution in [0.1, 0.15) is 98.2 Å². The summed E-state index contributed by atoms with van der Waals surface area (Å²) in [7, 11) is 2.09. The molecule has 0 spiro atoms. The minimum Gasteiger partial charge on any atom is -1.00 e. The van der Waals surface area contributed by atoms with Crippen LogP contribution >= 0.6 is 0 Å². The molecule has 1 aromatic rings. The quantitative estimate of drug-likeness (QED) is 0.265. The van der Waals surface area contributed by atoms with Crippen molar-refractivity contribution in [1.82, 2.24) is 4.57 Å². The zero-order valence-corrected chi connectivity index (χ0v) is 18.2. The molecule has 0 saturated carbocycles. The van der Waals surface area contributed by atoms with Gasteiger partial charge in [-0.05, 0) is 12.8 Å². The fourth-order valence-corrected chi connectivity index (χ4v) is 3.12. The standard InChI is InChI=1S/C20H39N2.Na.H/c1-3-4-5-6-7-8-9-10-11-12-13-14-15-16-17-22-19-18-21(2)20-22;;/h18-20H,3-17H2,1-2H3;;/q2*+1;-1. The molecule has 0 atom stereocenters. The van der Waals surface area contributed by atoms with E-state index in [2.05, 4.69) is 41.8 Å². The fourth-order valence-electron chi connectivity index (χ4n) is 3.12. The molecule has 1 heterocycles. The Kier molecular flexibility index (Phi) is 17.2. The normalized spacial score (nSPS) is 10.7. The average molecular weight is 332 g/mol. The molecule has 130 valence electrons. The molecule has 23 heavy (non-hydrogen) atoms. The number of hydrogen-bond donors (Lipinski definition) is 0. The summed E-state index contributed by atoms with van der Waals surface area (Å²) >= 11 is 0. The number of unbranched alkanes of at least 4 members (excludes halogenated alkanes) is 13. The van der Waals surface area contributed by atoms with Crippen LogP contribution in [0.3, 0.4) is 0 Å². The Morgan fingerprint density at radius 1 is 0.739 bits per heavy atom. The maximum atomic E-state index is 2.29. The van der Waals surface area contributed by atoms with Crippen LogP contribution in [0.4, 0.5) is 0 Å². The summed E-state index contributed by atoms with van der Waals surface area (Å²) in [5, 5.41) is 0. The Morgan fingerprint density at radius 2 is 1.17 bits per heavy atom. The molecule has 0 aliphatic carbocycles. The number of aryl methyl sites for hydroxylation is 2. The first-order valence-corrected chi connectivity index (χ1v) is 9.84. The van der Waals surface area contributed by atoms with E-state index < -0.39 is 0 Å². The van der Waals surface area contributed by atoms with Crippen LogP contribution in [-0.2, 0) is 13.6 Å². The third-order valence-corrected chi connectivity index (χ3v) is 4.59.